The number of rotatable bonds is 6. The Morgan fingerprint density at radius 1 is 1.53 bits per heavy atom. The second kappa shape index (κ2) is 6.80. The fourth-order valence-electron chi connectivity index (χ4n) is 1.49. The van der Waals surface area contributed by atoms with Gasteiger partial charge >= 0.3 is 0 Å². The molecule has 0 aromatic carbocycles. The molecule has 1 fully saturated rings. The minimum Gasteiger partial charge on any atom is -0.380 e. The fourth-order valence-corrected chi connectivity index (χ4v) is 1.49. The van der Waals surface area contributed by atoms with Crippen molar-refractivity contribution in [3.63, 3.8) is 0 Å². The molecule has 0 bridgehead atoms. The van der Waals surface area contributed by atoms with E-state index >= 15 is 0 Å². The van der Waals surface area contributed by atoms with Crippen LogP contribution >= 0.6 is 0 Å². The van der Waals surface area contributed by atoms with Crippen molar-refractivity contribution in [1.29, 1.82) is 0 Å². The molecule has 1 rings (SSSR count). The molecule has 4 nitrogen and oxygen atoms in total. The van der Waals surface area contributed by atoms with Crippen molar-refractivity contribution in [2.45, 2.75) is 32.7 Å². The van der Waals surface area contributed by atoms with Gasteiger partial charge in [0.2, 0.25) is 5.91 Å². The van der Waals surface area contributed by atoms with Crippen LogP contribution in [0.4, 0.5) is 0 Å². The van der Waals surface area contributed by atoms with Crippen LogP contribution in [0.15, 0.2) is 0 Å². The first-order chi connectivity index (χ1) is 7.18. The van der Waals surface area contributed by atoms with E-state index in [2.05, 4.69) is 24.5 Å². The zero-order valence-electron chi connectivity index (χ0n) is 9.71. The summed E-state index contributed by atoms with van der Waals surface area (Å²) in [5.41, 5.74) is 0. The molecule has 4 heteroatoms. The fraction of sp³-hybridized carbons (Fsp3) is 0.909. The number of hydrogen-bond acceptors (Lipinski definition) is 3. The minimum absolute atomic E-state index is 0.134. The highest BCUT2D eigenvalue weighted by atomic mass is 16.5. The highest BCUT2D eigenvalue weighted by molar-refractivity contribution is 5.76. The largest absolute Gasteiger partial charge is 0.380 e. The average molecular weight is 214 g/mol. The van der Waals surface area contributed by atoms with Crippen molar-refractivity contribution in [2.75, 3.05) is 26.3 Å². The zero-order chi connectivity index (χ0) is 11.1. The van der Waals surface area contributed by atoms with Gasteiger partial charge in [-0.2, -0.15) is 0 Å². The first-order valence-electron chi connectivity index (χ1n) is 5.76. The summed E-state index contributed by atoms with van der Waals surface area (Å²) in [6, 6.07) is 0.447. The Labute approximate surface area is 91.8 Å². The Balaban J connectivity index is 1.96. The second-order valence-corrected chi connectivity index (χ2v) is 4.46. The standard InChI is InChI=1S/C11H22N2O2/c1-9(2)7-13-11(14)3-5-12-10-4-6-15-8-10/h9-10,12H,3-8H2,1-2H3,(H,13,14). The topological polar surface area (TPSA) is 50.4 Å². The van der Waals surface area contributed by atoms with E-state index in [9.17, 15) is 4.79 Å². The Morgan fingerprint density at radius 3 is 2.93 bits per heavy atom. The number of hydrogen-bond donors (Lipinski definition) is 2. The molecule has 1 unspecified atom stereocenters. The molecule has 15 heavy (non-hydrogen) atoms. The first kappa shape index (κ1) is 12.5. The molecule has 0 aliphatic carbocycles. The smallest absolute Gasteiger partial charge is 0.221 e. The predicted molar refractivity (Wildman–Crippen MR) is 59.7 cm³/mol. The molecular weight excluding hydrogens is 192 g/mol. The van der Waals surface area contributed by atoms with Crippen LogP contribution in [0.3, 0.4) is 0 Å². The lowest BCUT2D eigenvalue weighted by Gasteiger charge is -2.11. The summed E-state index contributed by atoms with van der Waals surface area (Å²) in [6.07, 6.45) is 1.62. The number of amides is 1. The summed E-state index contributed by atoms with van der Waals surface area (Å²) >= 11 is 0. The number of ether oxygens (including phenoxy) is 1. The van der Waals surface area contributed by atoms with Crippen LogP contribution in [0.1, 0.15) is 26.7 Å². The molecule has 0 spiro atoms. The van der Waals surface area contributed by atoms with Crippen molar-refractivity contribution in [1.82, 2.24) is 10.6 Å². The maximum Gasteiger partial charge on any atom is 0.221 e. The van der Waals surface area contributed by atoms with Gasteiger partial charge in [0.1, 0.15) is 0 Å². The summed E-state index contributed by atoms with van der Waals surface area (Å²) in [7, 11) is 0. The van der Waals surface area contributed by atoms with E-state index in [1.54, 1.807) is 0 Å². The summed E-state index contributed by atoms with van der Waals surface area (Å²) in [6.45, 7) is 7.33. The molecule has 0 aromatic heterocycles. The van der Waals surface area contributed by atoms with Gasteiger partial charge in [0.15, 0.2) is 0 Å². The first-order valence-corrected chi connectivity index (χ1v) is 5.76. The van der Waals surface area contributed by atoms with Crippen molar-refractivity contribution in [3.05, 3.63) is 0 Å². The van der Waals surface area contributed by atoms with Gasteiger partial charge in [-0.3, -0.25) is 4.79 Å². The maximum absolute atomic E-state index is 11.3. The van der Waals surface area contributed by atoms with E-state index in [0.29, 0.717) is 18.4 Å². The Hall–Kier alpha value is -0.610. The molecule has 1 heterocycles. The molecule has 2 N–H and O–H groups in total. The van der Waals surface area contributed by atoms with Gasteiger partial charge < -0.3 is 15.4 Å². The lowest BCUT2D eigenvalue weighted by molar-refractivity contribution is -0.121. The van der Waals surface area contributed by atoms with Gasteiger partial charge in [-0.1, -0.05) is 13.8 Å². The van der Waals surface area contributed by atoms with Crippen molar-refractivity contribution < 1.29 is 9.53 Å². The van der Waals surface area contributed by atoms with Gasteiger partial charge in [-0.25, -0.2) is 0 Å². The van der Waals surface area contributed by atoms with Gasteiger partial charge in [-0.05, 0) is 12.3 Å². The van der Waals surface area contributed by atoms with Gasteiger partial charge in [0.25, 0.3) is 0 Å². The Morgan fingerprint density at radius 2 is 2.33 bits per heavy atom. The van der Waals surface area contributed by atoms with E-state index in [-0.39, 0.29) is 5.91 Å². The zero-order valence-corrected chi connectivity index (χ0v) is 9.71. The number of carbonyl (C=O) groups excluding carboxylic acids is 1. The molecular formula is C11H22N2O2. The lowest BCUT2D eigenvalue weighted by atomic mass is 10.2. The van der Waals surface area contributed by atoms with Crippen molar-refractivity contribution >= 4 is 5.91 Å². The van der Waals surface area contributed by atoms with Crippen LogP contribution < -0.4 is 10.6 Å². The molecule has 88 valence electrons. The van der Waals surface area contributed by atoms with Gasteiger partial charge in [-0.15, -0.1) is 0 Å². The van der Waals surface area contributed by atoms with Crippen LogP contribution in [0.25, 0.3) is 0 Å². The van der Waals surface area contributed by atoms with E-state index in [1.165, 1.54) is 0 Å². The Kier molecular flexibility index (Phi) is 5.65. The van der Waals surface area contributed by atoms with Gasteiger partial charge in [0.05, 0.1) is 6.61 Å². The molecule has 1 aliphatic heterocycles. The third-order valence-electron chi connectivity index (χ3n) is 2.42. The molecule has 1 aliphatic rings. The molecule has 1 atom stereocenters. The number of carbonyl (C=O) groups is 1. The van der Waals surface area contributed by atoms with Gasteiger partial charge in [0, 0.05) is 32.2 Å². The third-order valence-corrected chi connectivity index (χ3v) is 2.42. The van der Waals surface area contributed by atoms with Crippen LogP contribution in [0, 0.1) is 5.92 Å². The van der Waals surface area contributed by atoms with Crippen molar-refractivity contribution in [2.24, 2.45) is 5.92 Å². The molecule has 1 saturated heterocycles. The van der Waals surface area contributed by atoms with E-state index < -0.39 is 0 Å². The minimum atomic E-state index is 0.134. The molecule has 1 amide bonds. The van der Waals surface area contributed by atoms with Crippen LogP contribution in [0.2, 0.25) is 0 Å². The lowest BCUT2D eigenvalue weighted by Crippen LogP contribution is -2.34. The quantitative estimate of drug-likeness (QED) is 0.678. The second-order valence-electron chi connectivity index (χ2n) is 4.46. The number of nitrogens with one attached hydrogen (secondary N) is 2. The highest BCUT2D eigenvalue weighted by Gasteiger charge is 2.14. The highest BCUT2D eigenvalue weighted by Crippen LogP contribution is 2.02. The van der Waals surface area contributed by atoms with Crippen LogP contribution in [-0.2, 0) is 9.53 Å². The summed E-state index contributed by atoms with van der Waals surface area (Å²) < 4.78 is 5.23. The Bertz CT molecular complexity index is 189. The van der Waals surface area contributed by atoms with E-state index in [0.717, 1.165) is 32.7 Å². The summed E-state index contributed by atoms with van der Waals surface area (Å²) in [5, 5.41) is 6.21. The molecule has 0 saturated carbocycles. The maximum atomic E-state index is 11.3. The molecule has 0 aromatic rings. The van der Waals surface area contributed by atoms with Crippen molar-refractivity contribution in [3.8, 4) is 0 Å². The SMILES string of the molecule is CC(C)CNC(=O)CCNC1CCOC1. The normalized spacial score (nSPS) is 20.9. The predicted octanol–water partition coefficient (Wildman–Crippen LogP) is 0.527. The van der Waals surface area contributed by atoms with E-state index in [4.69, 9.17) is 4.74 Å². The van der Waals surface area contributed by atoms with Crippen LogP contribution in [0.5, 0.6) is 0 Å². The monoisotopic (exact) mass is 214 g/mol. The van der Waals surface area contributed by atoms with Crippen LogP contribution in [-0.4, -0.2) is 38.3 Å². The third kappa shape index (κ3) is 5.74. The average Bonchev–Trinajstić information content (AvgIpc) is 2.67. The molecule has 0 radical (unpaired) electrons. The summed E-state index contributed by atoms with van der Waals surface area (Å²) in [4.78, 5) is 11.3. The summed E-state index contributed by atoms with van der Waals surface area (Å²) in [5.74, 6) is 0.653. The van der Waals surface area contributed by atoms with E-state index in [1.807, 2.05) is 0 Å².